The quantitative estimate of drug-likeness (QED) is 0.916. The van der Waals surface area contributed by atoms with Gasteiger partial charge in [0, 0.05) is 45.0 Å². The number of hydrogen-bond donors (Lipinski definition) is 1. The number of halogens is 4. The molecule has 1 aliphatic heterocycles. The Labute approximate surface area is 133 Å². The molecule has 1 unspecified atom stereocenters. The maximum Gasteiger partial charge on any atom is 0.417 e. The van der Waals surface area contributed by atoms with Crippen molar-refractivity contribution in [1.29, 1.82) is 0 Å². The van der Waals surface area contributed by atoms with Crippen molar-refractivity contribution in [3.63, 3.8) is 0 Å². The van der Waals surface area contributed by atoms with E-state index in [4.69, 9.17) is 11.6 Å². The Morgan fingerprint density at radius 2 is 1.95 bits per heavy atom. The molecule has 1 atom stereocenters. The summed E-state index contributed by atoms with van der Waals surface area (Å²) >= 11 is 5.88. The summed E-state index contributed by atoms with van der Waals surface area (Å²) < 4.78 is 37.7. The van der Waals surface area contributed by atoms with Crippen LogP contribution in [0.2, 0.25) is 5.02 Å². The van der Waals surface area contributed by atoms with Gasteiger partial charge in [-0.15, -0.1) is 0 Å². The lowest BCUT2D eigenvalue weighted by molar-refractivity contribution is -0.137. The Morgan fingerprint density at radius 1 is 1.32 bits per heavy atom. The number of pyridine rings is 1. The minimum atomic E-state index is -4.43. The van der Waals surface area contributed by atoms with E-state index in [2.05, 4.69) is 34.1 Å². The minimum Gasteiger partial charge on any atom is -0.367 e. The molecule has 1 aliphatic rings. The summed E-state index contributed by atoms with van der Waals surface area (Å²) in [5, 5.41) is 3.02. The van der Waals surface area contributed by atoms with Gasteiger partial charge in [-0.3, -0.25) is 4.90 Å². The van der Waals surface area contributed by atoms with Gasteiger partial charge in [0.2, 0.25) is 0 Å². The van der Waals surface area contributed by atoms with Gasteiger partial charge >= 0.3 is 6.18 Å². The van der Waals surface area contributed by atoms with Crippen molar-refractivity contribution in [2.45, 2.75) is 19.1 Å². The van der Waals surface area contributed by atoms with Crippen molar-refractivity contribution in [3.05, 3.63) is 22.8 Å². The van der Waals surface area contributed by atoms with Gasteiger partial charge in [0.15, 0.2) is 0 Å². The zero-order valence-corrected chi connectivity index (χ0v) is 13.4. The van der Waals surface area contributed by atoms with Crippen molar-refractivity contribution in [3.8, 4) is 0 Å². The molecular weight excluding hydrogens is 317 g/mol. The van der Waals surface area contributed by atoms with E-state index in [1.165, 1.54) is 0 Å². The second-order valence-corrected chi connectivity index (χ2v) is 6.03. The van der Waals surface area contributed by atoms with Gasteiger partial charge in [-0.1, -0.05) is 11.6 Å². The Bertz CT molecular complexity index is 501. The highest BCUT2D eigenvalue weighted by Crippen LogP contribution is 2.32. The molecule has 1 aromatic heterocycles. The summed E-state index contributed by atoms with van der Waals surface area (Å²) in [6.07, 6.45) is -3.63. The molecule has 8 heteroatoms. The van der Waals surface area contributed by atoms with Crippen LogP contribution in [0.4, 0.5) is 19.0 Å². The Hall–Kier alpha value is -1.05. The van der Waals surface area contributed by atoms with E-state index in [9.17, 15) is 13.2 Å². The topological polar surface area (TPSA) is 31.4 Å². The molecule has 4 nitrogen and oxygen atoms in total. The van der Waals surface area contributed by atoms with Crippen molar-refractivity contribution >= 4 is 17.4 Å². The normalized spacial score (nSPS) is 19.2. The first kappa shape index (κ1) is 17.3. The van der Waals surface area contributed by atoms with Crippen molar-refractivity contribution in [1.82, 2.24) is 14.8 Å². The first-order valence-electron chi connectivity index (χ1n) is 7.16. The molecule has 1 fully saturated rings. The number of hydrogen-bond acceptors (Lipinski definition) is 4. The van der Waals surface area contributed by atoms with E-state index in [0.717, 1.165) is 38.4 Å². The minimum absolute atomic E-state index is 0.0135. The van der Waals surface area contributed by atoms with Gasteiger partial charge in [-0.25, -0.2) is 4.98 Å². The number of likely N-dealkylation sites (N-methyl/N-ethyl adjacent to an activating group) is 1. The fourth-order valence-corrected chi connectivity index (χ4v) is 2.59. The largest absolute Gasteiger partial charge is 0.417 e. The molecule has 1 N–H and O–H groups in total. The summed E-state index contributed by atoms with van der Waals surface area (Å²) in [5.74, 6) is 0.288. The lowest BCUT2D eigenvalue weighted by atomic mass is 10.2. The third-order valence-electron chi connectivity index (χ3n) is 3.89. The molecular formula is C14H20ClF3N4. The van der Waals surface area contributed by atoms with E-state index in [1.54, 1.807) is 0 Å². The lowest BCUT2D eigenvalue weighted by Crippen LogP contribution is -2.49. The second-order valence-electron chi connectivity index (χ2n) is 5.62. The first-order valence-corrected chi connectivity index (χ1v) is 7.54. The molecule has 2 rings (SSSR count). The summed E-state index contributed by atoms with van der Waals surface area (Å²) in [5.41, 5.74) is -0.838. The highest BCUT2D eigenvalue weighted by atomic mass is 35.5. The van der Waals surface area contributed by atoms with E-state index < -0.39 is 11.7 Å². The number of anilines is 1. The zero-order chi connectivity index (χ0) is 16.3. The maximum atomic E-state index is 12.6. The number of nitrogens with zero attached hydrogens (tertiary/aromatic N) is 3. The van der Waals surface area contributed by atoms with E-state index >= 15 is 0 Å². The fourth-order valence-electron chi connectivity index (χ4n) is 2.36. The molecule has 22 heavy (non-hydrogen) atoms. The van der Waals surface area contributed by atoms with Crippen LogP contribution in [0.1, 0.15) is 12.5 Å². The van der Waals surface area contributed by atoms with Crippen LogP contribution in [0.25, 0.3) is 0 Å². The number of alkyl halides is 3. The maximum absolute atomic E-state index is 12.6. The summed E-state index contributed by atoms with van der Waals surface area (Å²) in [6.45, 7) is 6.66. The average molecular weight is 337 g/mol. The third kappa shape index (κ3) is 4.47. The fraction of sp³-hybridized carbons (Fsp3) is 0.643. The molecule has 0 radical (unpaired) electrons. The molecule has 0 bridgehead atoms. The van der Waals surface area contributed by atoms with Gasteiger partial charge in [0.1, 0.15) is 5.82 Å². The van der Waals surface area contributed by atoms with Gasteiger partial charge in [0.25, 0.3) is 0 Å². The zero-order valence-electron chi connectivity index (χ0n) is 12.6. The standard InChI is InChI=1S/C14H20ClF3N4/c1-10(22-5-3-21(2)4-6-22)8-19-13-12(15)7-11(9-20-13)14(16,17)18/h7,9-10H,3-6,8H2,1-2H3,(H,19,20). The Morgan fingerprint density at radius 3 is 2.50 bits per heavy atom. The predicted molar refractivity (Wildman–Crippen MR) is 81.3 cm³/mol. The van der Waals surface area contributed by atoms with Crippen LogP contribution < -0.4 is 5.32 Å². The van der Waals surface area contributed by atoms with E-state index in [-0.39, 0.29) is 16.9 Å². The van der Waals surface area contributed by atoms with Crippen molar-refractivity contribution in [2.24, 2.45) is 0 Å². The van der Waals surface area contributed by atoms with Gasteiger partial charge < -0.3 is 10.2 Å². The van der Waals surface area contributed by atoms with Crippen molar-refractivity contribution < 1.29 is 13.2 Å². The number of piperazine rings is 1. The highest BCUT2D eigenvalue weighted by Gasteiger charge is 2.31. The predicted octanol–water partition coefficient (Wildman–Crippen LogP) is 2.80. The smallest absolute Gasteiger partial charge is 0.367 e. The Kier molecular flexibility index (Phi) is 5.52. The molecule has 2 heterocycles. The van der Waals surface area contributed by atoms with Crippen molar-refractivity contribution in [2.75, 3.05) is 45.1 Å². The highest BCUT2D eigenvalue weighted by molar-refractivity contribution is 6.32. The molecule has 0 amide bonds. The molecule has 0 aromatic carbocycles. The van der Waals surface area contributed by atoms with Crippen LogP contribution in [0.15, 0.2) is 12.3 Å². The summed E-state index contributed by atoms with van der Waals surface area (Å²) in [6, 6.07) is 1.16. The van der Waals surface area contributed by atoms with Gasteiger partial charge in [-0.2, -0.15) is 13.2 Å². The first-order chi connectivity index (χ1) is 10.3. The summed E-state index contributed by atoms with van der Waals surface area (Å²) in [4.78, 5) is 8.39. The monoisotopic (exact) mass is 336 g/mol. The molecule has 0 saturated carbocycles. The molecule has 0 spiro atoms. The van der Waals surface area contributed by atoms with Gasteiger partial charge in [-0.05, 0) is 20.0 Å². The number of aromatic nitrogens is 1. The van der Waals surface area contributed by atoms with Crippen LogP contribution in [0, 0.1) is 0 Å². The number of rotatable bonds is 4. The molecule has 0 aliphatic carbocycles. The van der Waals surface area contributed by atoms with Crippen LogP contribution >= 0.6 is 11.6 Å². The second kappa shape index (κ2) is 7.02. The average Bonchev–Trinajstić information content (AvgIpc) is 2.45. The number of nitrogens with one attached hydrogen (secondary N) is 1. The molecule has 1 saturated heterocycles. The molecule has 1 aromatic rings. The molecule has 124 valence electrons. The van der Waals surface area contributed by atoms with Crippen LogP contribution in [0.5, 0.6) is 0 Å². The third-order valence-corrected chi connectivity index (χ3v) is 4.18. The van der Waals surface area contributed by atoms with Gasteiger partial charge in [0.05, 0.1) is 10.6 Å². The Balaban J connectivity index is 1.91. The van der Waals surface area contributed by atoms with E-state index in [1.807, 2.05) is 0 Å². The SMILES string of the molecule is CC(CNc1ncc(C(F)(F)F)cc1Cl)N1CCN(C)CC1. The van der Waals surface area contributed by atoms with Crippen LogP contribution in [0.3, 0.4) is 0 Å². The van der Waals surface area contributed by atoms with Crippen LogP contribution in [-0.2, 0) is 6.18 Å². The lowest BCUT2D eigenvalue weighted by Gasteiger charge is -2.36. The summed E-state index contributed by atoms with van der Waals surface area (Å²) in [7, 11) is 2.09. The van der Waals surface area contributed by atoms with E-state index in [0.29, 0.717) is 6.54 Å². The van der Waals surface area contributed by atoms with Crippen LogP contribution in [-0.4, -0.2) is 60.6 Å².